The fourth-order valence-electron chi connectivity index (χ4n) is 2.25. The molecule has 114 valence electrons. The number of nitrogen functional groups attached to an aromatic ring is 1. The Labute approximate surface area is 135 Å². The summed E-state index contributed by atoms with van der Waals surface area (Å²) in [5.41, 5.74) is 10.1. The molecule has 0 fully saturated rings. The highest BCUT2D eigenvalue weighted by Crippen LogP contribution is 2.28. The molecule has 0 aliphatic carbocycles. The van der Waals surface area contributed by atoms with Crippen molar-refractivity contribution in [1.82, 2.24) is 0 Å². The van der Waals surface area contributed by atoms with Crippen LogP contribution in [0.25, 0.3) is 0 Å². The molecule has 0 saturated heterocycles. The molecule has 4 nitrogen and oxygen atoms in total. The van der Waals surface area contributed by atoms with E-state index in [2.05, 4.69) is 27.3 Å². The van der Waals surface area contributed by atoms with Crippen molar-refractivity contribution >= 4 is 28.4 Å². The lowest BCUT2D eigenvalue weighted by atomic mass is 10.2. The van der Waals surface area contributed by atoms with Gasteiger partial charge in [-0.1, -0.05) is 36.4 Å². The number of para-hydroxylation sites is 2. The molecule has 0 spiro atoms. The molecule has 0 saturated carbocycles. The van der Waals surface area contributed by atoms with Crippen molar-refractivity contribution in [3.05, 3.63) is 78.9 Å². The molecule has 4 heteroatoms. The third-order valence-corrected chi connectivity index (χ3v) is 3.57. The largest absolute Gasteiger partial charge is 0.397 e. The van der Waals surface area contributed by atoms with Gasteiger partial charge in [0, 0.05) is 18.4 Å². The van der Waals surface area contributed by atoms with E-state index in [0.717, 1.165) is 17.1 Å². The highest BCUT2D eigenvalue weighted by molar-refractivity contribution is 5.66. The molecule has 0 atom stereocenters. The molecule has 3 rings (SSSR count). The Morgan fingerprint density at radius 2 is 1.43 bits per heavy atom. The molecule has 3 aromatic rings. The number of nitrogens with zero attached hydrogens (tertiary/aromatic N) is 3. The van der Waals surface area contributed by atoms with Crippen molar-refractivity contribution in [2.24, 2.45) is 10.2 Å². The molecule has 0 aliphatic rings. The van der Waals surface area contributed by atoms with Gasteiger partial charge in [0.2, 0.25) is 0 Å². The predicted molar refractivity (Wildman–Crippen MR) is 96.0 cm³/mol. The van der Waals surface area contributed by atoms with E-state index in [1.54, 1.807) is 0 Å². The van der Waals surface area contributed by atoms with E-state index < -0.39 is 0 Å². The summed E-state index contributed by atoms with van der Waals surface area (Å²) < 4.78 is 0. The number of anilines is 3. The van der Waals surface area contributed by atoms with Crippen molar-refractivity contribution in [2.45, 2.75) is 0 Å². The van der Waals surface area contributed by atoms with Crippen molar-refractivity contribution in [3.63, 3.8) is 0 Å². The Kier molecular flexibility index (Phi) is 4.34. The highest BCUT2D eigenvalue weighted by Gasteiger charge is 2.04. The van der Waals surface area contributed by atoms with Crippen molar-refractivity contribution in [2.75, 3.05) is 17.7 Å². The fourth-order valence-corrected chi connectivity index (χ4v) is 2.25. The van der Waals surface area contributed by atoms with Crippen LogP contribution >= 0.6 is 0 Å². The van der Waals surface area contributed by atoms with Gasteiger partial charge in [0.05, 0.1) is 11.4 Å². The average molecular weight is 302 g/mol. The maximum Gasteiger partial charge on any atom is 0.109 e. The summed E-state index contributed by atoms with van der Waals surface area (Å²) in [7, 11) is 2.03. The first-order valence-electron chi connectivity index (χ1n) is 7.39. The SMILES string of the molecule is CN(c1ccccc1)c1cccc(N=Nc2ccccc2N)c1. The molecule has 0 bridgehead atoms. The zero-order chi connectivity index (χ0) is 16.1. The molecule has 3 aromatic carbocycles. The van der Waals surface area contributed by atoms with Crippen LogP contribution in [0.15, 0.2) is 89.1 Å². The Bertz CT molecular complexity index is 812. The third kappa shape index (κ3) is 3.55. The summed E-state index contributed by atoms with van der Waals surface area (Å²) in [5, 5.41) is 8.52. The minimum absolute atomic E-state index is 0.619. The van der Waals surface area contributed by atoms with Gasteiger partial charge in [-0.15, -0.1) is 5.11 Å². The topological polar surface area (TPSA) is 54.0 Å². The van der Waals surface area contributed by atoms with Gasteiger partial charge in [0.25, 0.3) is 0 Å². The number of nitrogens with two attached hydrogens (primary N) is 1. The molecule has 2 N–H and O–H groups in total. The summed E-state index contributed by atoms with van der Waals surface area (Å²) in [4.78, 5) is 2.11. The van der Waals surface area contributed by atoms with Crippen molar-refractivity contribution in [1.29, 1.82) is 0 Å². The Hall–Kier alpha value is -3.14. The van der Waals surface area contributed by atoms with Crippen LogP contribution in [-0.2, 0) is 0 Å². The summed E-state index contributed by atoms with van der Waals surface area (Å²) in [6.45, 7) is 0. The van der Waals surface area contributed by atoms with Gasteiger partial charge in [-0.3, -0.25) is 0 Å². The summed E-state index contributed by atoms with van der Waals surface area (Å²) >= 11 is 0. The van der Waals surface area contributed by atoms with E-state index in [9.17, 15) is 0 Å². The van der Waals surface area contributed by atoms with E-state index in [0.29, 0.717) is 11.4 Å². The molecule has 0 unspecified atom stereocenters. The van der Waals surface area contributed by atoms with Crippen LogP contribution in [0.2, 0.25) is 0 Å². The number of rotatable bonds is 4. The third-order valence-electron chi connectivity index (χ3n) is 3.57. The standard InChI is InChI=1S/C19H18N4/c1-23(16-9-3-2-4-10-16)17-11-7-8-15(14-17)21-22-19-13-6-5-12-18(19)20/h2-14H,20H2,1H3. The highest BCUT2D eigenvalue weighted by atomic mass is 15.1. The lowest BCUT2D eigenvalue weighted by molar-refractivity contribution is 1.19. The number of hydrogen-bond acceptors (Lipinski definition) is 4. The zero-order valence-corrected chi connectivity index (χ0v) is 12.9. The Morgan fingerprint density at radius 1 is 0.739 bits per heavy atom. The summed E-state index contributed by atoms with van der Waals surface area (Å²) in [6, 6.07) is 25.5. The molecular weight excluding hydrogens is 284 g/mol. The van der Waals surface area contributed by atoms with Gasteiger partial charge < -0.3 is 10.6 Å². The van der Waals surface area contributed by atoms with Crippen molar-refractivity contribution in [3.8, 4) is 0 Å². The summed E-state index contributed by atoms with van der Waals surface area (Å²) in [6.07, 6.45) is 0. The fraction of sp³-hybridized carbons (Fsp3) is 0.0526. The van der Waals surface area contributed by atoms with Gasteiger partial charge in [-0.05, 0) is 42.5 Å². The minimum atomic E-state index is 0.619. The molecule has 0 aliphatic heterocycles. The second-order valence-electron chi connectivity index (χ2n) is 5.17. The molecule has 0 heterocycles. The first-order chi connectivity index (χ1) is 11.2. The second kappa shape index (κ2) is 6.75. The molecule has 0 amide bonds. The van der Waals surface area contributed by atoms with E-state index in [-0.39, 0.29) is 0 Å². The monoisotopic (exact) mass is 302 g/mol. The van der Waals surface area contributed by atoms with Gasteiger partial charge >= 0.3 is 0 Å². The van der Waals surface area contributed by atoms with Crippen LogP contribution in [0.3, 0.4) is 0 Å². The van der Waals surface area contributed by atoms with Crippen LogP contribution < -0.4 is 10.6 Å². The van der Waals surface area contributed by atoms with E-state index in [1.807, 2.05) is 73.8 Å². The smallest absolute Gasteiger partial charge is 0.109 e. The minimum Gasteiger partial charge on any atom is -0.397 e. The van der Waals surface area contributed by atoms with Gasteiger partial charge in [0.1, 0.15) is 5.69 Å². The van der Waals surface area contributed by atoms with E-state index in [1.165, 1.54) is 0 Å². The van der Waals surface area contributed by atoms with Gasteiger partial charge in [-0.25, -0.2) is 0 Å². The van der Waals surface area contributed by atoms with Crippen LogP contribution in [-0.4, -0.2) is 7.05 Å². The number of hydrogen-bond donors (Lipinski definition) is 1. The average Bonchev–Trinajstić information content (AvgIpc) is 2.61. The van der Waals surface area contributed by atoms with Gasteiger partial charge in [-0.2, -0.15) is 5.11 Å². The van der Waals surface area contributed by atoms with Crippen molar-refractivity contribution < 1.29 is 0 Å². The van der Waals surface area contributed by atoms with Gasteiger partial charge in [0.15, 0.2) is 0 Å². The lowest BCUT2D eigenvalue weighted by Gasteiger charge is -2.19. The Balaban J connectivity index is 1.84. The normalized spacial score (nSPS) is 10.8. The second-order valence-corrected chi connectivity index (χ2v) is 5.17. The lowest BCUT2D eigenvalue weighted by Crippen LogP contribution is -2.08. The van der Waals surface area contributed by atoms with E-state index in [4.69, 9.17) is 5.73 Å². The van der Waals surface area contributed by atoms with E-state index >= 15 is 0 Å². The van der Waals surface area contributed by atoms with Crippen LogP contribution in [0.5, 0.6) is 0 Å². The molecule has 23 heavy (non-hydrogen) atoms. The maximum atomic E-state index is 5.88. The van der Waals surface area contributed by atoms with Crippen LogP contribution in [0.4, 0.5) is 28.4 Å². The summed E-state index contributed by atoms with van der Waals surface area (Å²) in [5.74, 6) is 0. The number of azo groups is 1. The maximum absolute atomic E-state index is 5.88. The predicted octanol–water partition coefficient (Wildman–Crippen LogP) is 5.45. The molecular formula is C19H18N4. The number of benzene rings is 3. The molecule has 0 radical (unpaired) electrons. The zero-order valence-electron chi connectivity index (χ0n) is 12.9. The Morgan fingerprint density at radius 3 is 2.22 bits per heavy atom. The molecule has 0 aromatic heterocycles. The van der Waals surface area contributed by atoms with Crippen LogP contribution in [0.1, 0.15) is 0 Å². The quantitative estimate of drug-likeness (QED) is 0.514. The first-order valence-corrected chi connectivity index (χ1v) is 7.39. The first kappa shape index (κ1) is 14.8. The van der Waals surface area contributed by atoms with Crippen LogP contribution in [0, 0.1) is 0 Å².